The topological polar surface area (TPSA) is 151 Å². The molecule has 3 aromatic rings. The van der Waals surface area contributed by atoms with E-state index < -0.39 is 84.4 Å². The first-order valence-electron chi connectivity index (χ1n) is 34.6. The van der Waals surface area contributed by atoms with Crippen molar-refractivity contribution in [1.82, 2.24) is 19.2 Å². The lowest BCUT2D eigenvalue weighted by molar-refractivity contribution is -0.0806. The summed E-state index contributed by atoms with van der Waals surface area (Å²) in [5, 5.41) is 6.73. The largest absolute Gasteiger partial charge is 0.359 e. The molecule has 0 aromatic heterocycles. The standard InChI is InChI=1S/C72H6.C19H18F4N2O5S2.C7H14N2O.C6H3ClF2O2S/c1-3-5-7-9-11-13-15-17-19-21-23-25-27-29-31-33-35-37-39-41-43-45-47-49-51-53-55-57-59-61-63-65-67-69-71-72-70-68-66-64-62-60-58-56-54-52-50-48-46-44-42-40-38-36-34-32-30-28-26-24-22-20-18-16-14-12-10-8-6-4-2;20-15-3-1-13(11-17(15)22)31(26,27)24-7-5-19(6-8-24)25(9-10-30-19)32(28,29)14-2-4-16(21)18(23)12-14;1-3-8-4-2-7(1)9-5-6-10-7;7-12(10,11)4-1-2-5(8)6(9)3-4/h1-2H3;1-4,11-12H,5-10H2;8-9H,1-6H2;1-3H. The average molecular weight is 1720 g/mol. The van der Waals surface area contributed by atoms with Gasteiger partial charge >= 0.3 is 0 Å². The SMILES string of the molecule is C1CC2(CCN1)NCCO2.CC#CC#CC#CC#CC#CC#CC#CC#CC#CC#CC#CC#CC#CC#CC#CC#CC#CC#CC#CC#CC#CC#CC#CC#CC#CC#CC#CC#CC#CC#CC#CC#CC#CC#CC#CC.O=S(=O)(Cl)c1ccc(F)c(F)c1.O=S(=O)(c1ccc(F)c(F)c1)N1CCC2(CC1)OCCN2S(=O)(=O)c1ccc(F)c(F)c1. The fourth-order valence-electron chi connectivity index (χ4n) is 8.50. The van der Waals surface area contributed by atoms with Crippen molar-refractivity contribution in [1.29, 1.82) is 0 Å². The summed E-state index contributed by atoms with van der Waals surface area (Å²) in [7, 11) is -7.52. The summed E-state index contributed by atoms with van der Waals surface area (Å²) in [5.41, 5.74) is -1.30. The first-order chi connectivity index (χ1) is 61.2. The van der Waals surface area contributed by atoms with E-state index in [9.17, 15) is 51.6 Å². The van der Waals surface area contributed by atoms with E-state index in [0.29, 0.717) is 36.4 Å². The molecule has 4 heterocycles. The van der Waals surface area contributed by atoms with Gasteiger partial charge < -0.3 is 14.8 Å². The fourth-order valence-corrected chi connectivity index (χ4v) is 12.4. The highest BCUT2D eigenvalue weighted by Gasteiger charge is 2.52. The molecule has 0 aliphatic carbocycles. The third-order valence-electron chi connectivity index (χ3n) is 13.6. The van der Waals surface area contributed by atoms with Gasteiger partial charge in [0.25, 0.3) is 9.05 Å². The second kappa shape index (κ2) is 61.1. The molecule has 4 aliphatic heterocycles. The van der Waals surface area contributed by atoms with Crippen LogP contribution in [0.1, 0.15) is 39.5 Å². The normalized spacial score (nSPS) is 11.0. The minimum atomic E-state index is -4.26. The molecule has 4 aliphatic rings. The molecule has 7 rings (SSSR count). The van der Waals surface area contributed by atoms with E-state index in [1.807, 2.05) is 0 Å². The number of nitrogens with zero attached hydrogens (tertiary/aromatic N) is 2. The summed E-state index contributed by atoms with van der Waals surface area (Å²) in [4.78, 5) is -1.33. The van der Waals surface area contributed by atoms with Crippen LogP contribution in [0.3, 0.4) is 0 Å². The van der Waals surface area contributed by atoms with Gasteiger partial charge in [-0.05, 0) is 176 Å². The molecule has 2 N–H and O–H groups in total. The van der Waals surface area contributed by atoms with Gasteiger partial charge in [0.1, 0.15) is 11.4 Å². The first-order valence-corrected chi connectivity index (χ1v) is 39.8. The van der Waals surface area contributed by atoms with Gasteiger partial charge in [-0.2, -0.15) is 8.61 Å². The van der Waals surface area contributed by atoms with E-state index >= 15 is 0 Å². The first kappa shape index (κ1) is 100. The molecule has 4 fully saturated rings. The zero-order valence-electron chi connectivity index (χ0n) is 65.2. The van der Waals surface area contributed by atoms with Gasteiger partial charge in [-0.15, -0.1) is 0 Å². The Kier molecular flexibility index (Phi) is 48.6. The minimum Gasteiger partial charge on any atom is -0.359 e. The van der Waals surface area contributed by atoms with Gasteiger partial charge in [-0.1, -0.05) is 11.8 Å². The highest BCUT2D eigenvalue weighted by molar-refractivity contribution is 8.13. The van der Waals surface area contributed by atoms with Gasteiger partial charge in [0.05, 0.1) is 27.9 Å². The number of hydrogen-bond donors (Lipinski definition) is 2. The lowest BCUT2D eigenvalue weighted by atomic mass is 10.0. The molecule has 2 spiro atoms. The smallest absolute Gasteiger partial charge is 0.261 e. The summed E-state index contributed by atoms with van der Waals surface area (Å²) in [6.45, 7) is 7.17. The summed E-state index contributed by atoms with van der Waals surface area (Å²) in [5.74, 6) is 168. The Hall–Kier alpha value is -18.3. The maximum absolute atomic E-state index is 13.6. The quantitative estimate of drug-likeness (QED) is 0.199. The number of halogens is 7. The predicted molar refractivity (Wildman–Crippen MR) is 465 cm³/mol. The summed E-state index contributed by atoms with van der Waals surface area (Å²) >= 11 is 0. The number of ether oxygens (including phenoxy) is 2. The highest BCUT2D eigenvalue weighted by Crippen LogP contribution is 2.40. The Morgan fingerprint density at radius 1 is 0.286 bits per heavy atom. The zero-order valence-corrected chi connectivity index (χ0v) is 68.4. The number of sulfonamides is 2. The Morgan fingerprint density at radius 2 is 0.516 bits per heavy atom. The van der Waals surface area contributed by atoms with E-state index in [1.165, 1.54) is 0 Å². The van der Waals surface area contributed by atoms with Crippen molar-refractivity contribution < 1.29 is 61.1 Å². The van der Waals surface area contributed by atoms with Gasteiger partial charge in [0.2, 0.25) is 20.0 Å². The molecular formula is C104H41ClF6N4O8S3. The van der Waals surface area contributed by atoms with Crippen molar-refractivity contribution in [3.63, 3.8) is 0 Å². The molecule has 126 heavy (non-hydrogen) atoms. The van der Waals surface area contributed by atoms with Crippen LogP contribution in [0.4, 0.5) is 26.3 Å². The number of hydrogen-bond acceptors (Lipinski definition) is 10. The monoisotopic (exact) mass is 1720 g/mol. The highest BCUT2D eigenvalue weighted by atomic mass is 35.7. The molecule has 0 saturated carbocycles. The maximum atomic E-state index is 13.6. The van der Waals surface area contributed by atoms with Crippen LogP contribution in [0.15, 0.2) is 69.3 Å². The van der Waals surface area contributed by atoms with Crippen LogP contribution in [0.5, 0.6) is 0 Å². The van der Waals surface area contributed by atoms with Crippen LogP contribution in [0.25, 0.3) is 0 Å². The third-order valence-corrected chi connectivity index (χ3v) is 18.8. The fraction of sp³-hybridized carbons (Fsp3) is 0.154. The van der Waals surface area contributed by atoms with Crippen LogP contribution in [-0.2, 0) is 38.6 Å². The Balaban J connectivity index is 0.000000487. The van der Waals surface area contributed by atoms with Crippen LogP contribution in [0.2, 0.25) is 0 Å². The van der Waals surface area contributed by atoms with Crippen molar-refractivity contribution in [2.24, 2.45) is 0 Å². The molecule has 0 unspecified atom stereocenters. The third kappa shape index (κ3) is 43.3. The number of rotatable bonds is 5. The van der Waals surface area contributed by atoms with Crippen LogP contribution in [-0.4, -0.2) is 97.8 Å². The molecule has 3 aromatic carbocycles. The Bertz CT molecular complexity index is 7470. The van der Waals surface area contributed by atoms with E-state index in [1.54, 1.807) is 13.8 Å². The van der Waals surface area contributed by atoms with E-state index in [0.717, 1.165) is 65.9 Å². The van der Waals surface area contributed by atoms with Crippen molar-refractivity contribution in [3.8, 4) is 414 Å². The molecule has 0 amide bonds. The zero-order chi connectivity index (χ0) is 91.0. The lowest BCUT2D eigenvalue weighted by Crippen LogP contribution is -2.55. The number of piperidine rings is 2. The van der Waals surface area contributed by atoms with Crippen LogP contribution in [0, 0.1) is 449 Å². The van der Waals surface area contributed by atoms with Gasteiger partial charge in [-0.3, -0.25) is 5.32 Å². The average Bonchev–Trinajstić information content (AvgIpc) is 1.53. The Morgan fingerprint density at radius 3 is 0.738 bits per heavy atom. The molecule has 592 valence electrons. The summed E-state index contributed by atoms with van der Waals surface area (Å²) in [6, 6.07) is 6.60. The predicted octanol–water partition coefficient (Wildman–Crippen LogP) is 5.17. The van der Waals surface area contributed by atoms with E-state index in [4.69, 9.17) is 20.2 Å². The van der Waals surface area contributed by atoms with E-state index in [-0.39, 0.29) is 44.8 Å². The van der Waals surface area contributed by atoms with Crippen molar-refractivity contribution >= 4 is 39.8 Å². The number of nitrogens with one attached hydrogen (secondary N) is 2. The lowest BCUT2D eigenvalue weighted by Gasteiger charge is -2.42. The molecule has 0 radical (unpaired) electrons. The second-order valence-electron chi connectivity index (χ2n) is 21.5. The molecule has 12 nitrogen and oxygen atoms in total. The number of benzene rings is 3. The van der Waals surface area contributed by atoms with Crippen LogP contribution >= 0.6 is 10.7 Å². The minimum absolute atomic E-state index is 0.0405. The van der Waals surface area contributed by atoms with E-state index in [2.05, 4.69) is 425 Å². The molecule has 4 saturated heterocycles. The molecular weight excluding hydrogens is 1680 g/mol. The second-order valence-corrected chi connectivity index (χ2v) is 27.8. The molecule has 22 heteroatoms. The maximum Gasteiger partial charge on any atom is 0.261 e. The van der Waals surface area contributed by atoms with Crippen molar-refractivity contribution in [2.45, 2.75) is 65.7 Å². The van der Waals surface area contributed by atoms with Crippen molar-refractivity contribution in [2.75, 3.05) is 52.5 Å². The van der Waals surface area contributed by atoms with Gasteiger partial charge in [-0.25, -0.2) is 51.6 Å². The molecule has 0 bridgehead atoms. The van der Waals surface area contributed by atoms with Crippen molar-refractivity contribution in [3.05, 3.63) is 89.5 Å². The summed E-state index contributed by atoms with van der Waals surface area (Å²) < 4.78 is 165. The summed E-state index contributed by atoms with van der Waals surface area (Å²) in [6.07, 6.45) is 2.15. The van der Waals surface area contributed by atoms with Gasteiger partial charge in [0.15, 0.2) is 34.9 Å². The molecule has 0 atom stereocenters. The Labute approximate surface area is 737 Å². The van der Waals surface area contributed by atoms with Crippen LogP contribution < -0.4 is 10.6 Å². The van der Waals surface area contributed by atoms with Gasteiger partial charge in [0, 0.05) is 370 Å².